The third-order valence-corrected chi connectivity index (χ3v) is 5.68. The maximum Gasteiger partial charge on any atom is 0.297 e. The number of benzene rings is 1. The van der Waals surface area contributed by atoms with Crippen molar-refractivity contribution in [2.75, 3.05) is 93.0 Å². The molecule has 0 saturated carbocycles. The van der Waals surface area contributed by atoms with Crippen LogP contribution in [-0.4, -0.2) is 108 Å². The molecular formula is C23H40O10S. The quantitative estimate of drug-likeness (QED) is 0.160. The number of methoxy groups -OCH3 is 1. The van der Waals surface area contributed by atoms with Gasteiger partial charge in [0.2, 0.25) is 0 Å². The zero-order valence-electron chi connectivity index (χ0n) is 20.6. The minimum Gasteiger partial charge on any atom is -0.382 e. The summed E-state index contributed by atoms with van der Waals surface area (Å²) in [6.45, 7) is 9.48. The molecule has 1 atom stereocenters. The molecule has 10 nitrogen and oxygen atoms in total. The SMILES string of the molecule is COCCOCCOCCOCCOCCOCCOC[C@H](C)OS(=O)(=O)c1ccc(C)cc1. The fourth-order valence-corrected chi connectivity index (χ4v) is 3.56. The molecule has 0 amide bonds. The molecule has 0 unspecified atom stereocenters. The molecule has 1 aromatic rings. The van der Waals surface area contributed by atoms with Crippen LogP contribution in [0, 0.1) is 6.92 Å². The van der Waals surface area contributed by atoms with Crippen LogP contribution in [0.25, 0.3) is 0 Å². The van der Waals surface area contributed by atoms with Gasteiger partial charge in [0, 0.05) is 7.11 Å². The third kappa shape index (κ3) is 16.5. The second-order valence-electron chi connectivity index (χ2n) is 7.30. The maximum absolute atomic E-state index is 12.2. The summed E-state index contributed by atoms with van der Waals surface area (Å²) in [5.74, 6) is 0. The summed E-state index contributed by atoms with van der Waals surface area (Å²) in [6.07, 6.45) is -0.603. The fourth-order valence-electron chi connectivity index (χ4n) is 2.50. The largest absolute Gasteiger partial charge is 0.382 e. The van der Waals surface area contributed by atoms with Crippen LogP contribution in [0.3, 0.4) is 0 Å². The van der Waals surface area contributed by atoms with Crippen LogP contribution in [-0.2, 0) is 47.5 Å². The van der Waals surface area contributed by atoms with Gasteiger partial charge in [-0.1, -0.05) is 17.7 Å². The van der Waals surface area contributed by atoms with E-state index < -0.39 is 16.2 Å². The lowest BCUT2D eigenvalue weighted by atomic mass is 10.2. The Kier molecular flexibility index (Phi) is 18.2. The van der Waals surface area contributed by atoms with Crippen LogP contribution in [0.4, 0.5) is 0 Å². The monoisotopic (exact) mass is 508 g/mol. The van der Waals surface area contributed by atoms with Gasteiger partial charge in [-0.25, -0.2) is 0 Å². The van der Waals surface area contributed by atoms with Gasteiger partial charge in [-0.2, -0.15) is 8.42 Å². The number of hydrogen-bond acceptors (Lipinski definition) is 10. The van der Waals surface area contributed by atoms with E-state index in [4.69, 9.17) is 37.3 Å². The molecular weight excluding hydrogens is 468 g/mol. The van der Waals surface area contributed by atoms with E-state index in [9.17, 15) is 8.42 Å². The third-order valence-electron chi connectivity index (χ3n) is 4.25. The van der Waals surface area contributed by atoms with Crippen molar-refractivity contribution >= 4 is 10.1 Å². The van der Waals surface area contributed by atoms with Crippen molar-refractivity contribution in [3.05, 3.63) is 29.8 Å². The molecule has 0 N–H and O–H groups in total. The summed E-state index contributed by atoms with van der Waals surface area (Å²) in [7, 11) is -2.17. The van der Waals surface area contributed by atoms with Crippen molar-refractivity contribution in [1.29, 1.82) is 0 Å². The molecule has 0 saturated heterocycles. The average Bonchev–Trinajstić information content (AvgIpc) is 2.80. The normalized spacial score (nSPS) is 12.8. The molecule has 0 bridgehead atoms. The number of rotatable bonds is 23. The summed E-state index contributed by atoms with van der Waals surface area (Å²) in [6, 6.07) is 6.51. The van der Waals surface area contributed by atoms with Gasteiger partial charge in [-0.3, -0.25) is 4.18 Å². The number of hydrogen-bond donors (Lipinski definition) is 0. The molecule has 0 spiro atoms. The minimum absolute atomic E-state index is 0.131. The van der Waals surface area contributed by atoms with Gasteiger partial charge in [-0.15, -0.1) is 0 Å². The first-order valence-electron chi connectivity index (χ1n) is 11.4. The lowest BCUT2D eigenvalue weighted by molar-refractivity contribution is -0.0221. The van der Waals surface area contributed by atoms with Gasteiger partial charge < -0.3 is 33.2 Å². The molecule has 0 radical (unpaired) electrons. The molecule has 0 aliphatic rings. The van der Waals surface area contributed by atoms with Crippen molar-refractivity contribution < 1.29 is 45.8 Å². The Morgan fingerprint density at radius 2 is 1.03 bits per heavy atom. The smallest absolute Gasteiger partial charge is 0.297 e. The first-order valence-corrected chi connectivity index (χ1v) is 12.8. The van der Waals surface area contributed by atoms with Gasteiger partial charge in [0.15, 0.2) is 0 Å². The molecule has 198 valence electrons. The predicted octanol–water partition coefficient (Wildman–Crippen LogP) is 1.83. The van der Waals surface area contributed by atoms with Crippen LogP contribution in [0.1, 0.15) is 12.5 Å². The highest BCUT2D eigenvalue weighted by Crippen LogP contribution is 2.15. The van der Waals surface area contributed by atoms with Crippen LogP contribution < -0.4 is 0 Å². The van der Waals surface area contributed by atoms with Crippen LogP contribution >= 0.6 is 0 Å². The second-order valence-corrected chi connectivity index (χ2v) is 8.88. The highest BCUT2D eigenvalue weighted by atomic mass is 32.2. The Morgan fingerprint density at radius 3 is 1.44 bits per heavy atom. The Labute approximate surface area is 203 Å². The van der Waals surface area contributed by atoms with Crippen molar-refractivity contribution in [3.8, 4) is 0 Å². The summed E-state index contributed by atoms with van der Waals surface area (Å²) in [5.41, 5.74) is 0.978. The van der Waals surface area contributed by atoms with E-state index in [0.29, 0.717) is 79.3 Å². The van der Waals surface area contributed by atoms with Crippen molar-refractivity contribution in [2.24, 2.45) is 0 Å². The fraction of sp³-hybridized carbons (Fsp3) is 0.739. The first-order chi connectivity index (χ1) is 16.5. The molecule has 1 aromatic carbocycles. The summed E-state index contributed by atoms with van der Waals surface area (Å²) < 4.78 is 66.8. The van der Waals surface area contributed by atoms with Crippen molar-refractivity contribution in [3.63, 3.8) is 0 Å². The van der Waals surface area contributed by atoms with Gasteiger partial charge >= 0.3 is 0 Å². The molecule has 0 aliphatic heterocycles. The molecule has 0 heterocycles. The number of aryl methyl sites for hydroxylation is 1. The average molecular weight is 509 g/mol. The van der Waals surface area contributed by atoms with Crippen LogP contribution in [0.15, 0.2) is 29.2 Å². The maximum atomic E-state index is 12.2. The van der Waals surface area contributed by atoms with E-state index in [2.05, 4.69) is 0 Å². The standard InChI is InChI=1S/C23H40O10S/c1-21-4-6-23(7-5-21)34(24,25)33-22(2)20-32-19-18-31-17-16-30-15-14-29-13-12-28-11-10-27-9-8-26-3/h4-7,22H,8-20H2,1-3H3/t22-/m0/s1. The summed E-state index contributed by atoms with van der Waals surface area (Å²) >= 11 is 0. The Hall–Kier alpha value is -1.15. The molecule has 11 heteroatoms. The van der Waals surface area contributed by atoms with Gasteiger partial charge in [0.1, 0.15) is 0 Å². The topological polar surface area (TPSA) is 108 Å². The summed E-state index contributed by atoms with van der Waals surface area (Å²) in [5, 5.41) is 0. The van der Waals surface area contributed by atoms with Crippen molar-refractivity contribution in [2.45, 2.75) is 24.8 Å². The predicted molar refractivity (Wildman–Crippen MR) is 126 cm³/mol. The molecule has 0 fully saturated rings. The highest BCUT2D eigenvalue weighted by molar-refractivity contribution is 7.86. The molecule has 0 aliphatic carbocycles. The van der Waals surface area contributed by atoms with Gasteiger partial charge in [0.05, 0.1) is 96.9 Å². The summed E-state index contributed by atoms with van der Waals surface area (Å²) in [4.78, 5) is 0.131. The molecule has 34 heavy (non-hydrogen) atoms. The Morgan fingerprint density at radius 1 is 0.647 bits per heavy atom. The van der Waals surface area contributed by atoms with Crippen molar-refractivity contribution in [1.82, 2.24) is 0 Å². The van der Waals surface area contributed by atoms with E-state index in [1.54, 1.807) is 26.2 Å². The lowest BCUT2D eigenvalue weighted by Crippen LogP contribution is -2.22. The van der Waals surface area contributed by atoms with Crippen LogP contribution in [0.2, 0.25) is 0 Å². The highest BCUT2D eigenvalue weighted by Gasteiger charge is 2.19. The lowest BCUT2D eigenvalue weighted by Gasteiger charge is -2.14. The van der Waals surface area contributed by atoms with E-state index >= 15 is 0 Å². The second kappa shape index (κ2) is 20.1. The van der Waals surface area contributed by atoms with E-state index in [0.717, 1.165) is 5.56 Å². The van der Waals surface area contributed by atoms with Gasteiger partial charge in [0.25, 0.3) is 10.1 Å². The zero-order chi connectivity index (χ0) is 24.9. The van der Waals surface area contributed by atoms with E-state index in [1.165, 1.54) is 12.1 Å². The van der Waals surface area contributed by atoms with Crippen LogP contribution in [0.5, 0.6) is 0 Å². The zero-order valence-corrected chi connectivity index (χ0v) is 21.4. The minimum atomic E-state index is -3.80. The molecule has 0 aromatic heterocycles. The van der Waals surface area contributed by atoms with E-state index in [1.807, 2.05) is 6.92 Å². The molecule has 1 rings (SSSR count). The first kappa shape index (κ1) is 30.9. The van der Waals surface area contributed by atoms with Gasteiger partial charge in [-0.05, 0) is 26.0 Å². The Bertz CT molecular complexity index is 696. The van der Waals surface area contributed by atoms with E-state index in [-0.39, 0.29) is 11.5 Å². The Balaban J connectivity index is 1.86. The number of ether oxygens (including phenoxy) is 7.